The molecule has 0 bridgehead atoms. The van der Waals surface area contributed by atoms with Crippen molar-refractivity contribution in [2.75, 3.05) is 19.8 Å². The van der Waals surface area contributed by atoms with Gasteiger partial charge in [0.1, 0.15) is 17.9 Å². The lowest BCUT2D eigenvalue weighted by atomic mass is 9.99. The summed E-state index contributed by atoms with van der Waals surface area (Å²) < 4.78 is 53.0. The molecule has 0 saturated carbocycles. The molecule has 3 heterocycles. The van der Waals surface area contributed by atoms with Crippen LogP contribution in [0.4, 0.5) is 13.2 Å². The van der Waals surface area contributed by atoms with Crippen molar-refractivity contribution < 1.29 is 27.4 Å². The van der Waals surface area contributed by atoms with Crippen LogP contribution in [0.5, 0.6) is 5.75 Å². The quantitative estimate of drug-likeness (QED) is 0.304. The van der Waals surface area contributed by atoms with E-state index in [1.165, 1.54) is 18.3 Å². The number of carbonyl (C=O) groups is 1. The molecular weight excluding hydrogens is 505 g/mol. The van der Waals surface area contributed by atoms with E-state index in [-0.39, 0.29) is 35.9 Å². The van der Waals surface area contributed by atoms with Gasteiger partial charge < -0.3 is 29.3 Å². The third-order valence-electron chi connectivity index (χ3n) is 6.43. The second-order valence-electron chi connectivity index (χ2n) is 9.03. The number of aromatic amines is 2. The van der Waals surface area contributed by atoms with Crippen LogP contribution < -0.4 is 21.3 Å². The number of H-pyrrole nitrogens is 2. The molecule has 2 atom stereocenters. The Labute approximate surface area is 213 Å². The summed E-state index contributed by atoms with van der Waals surface area (Å²) in [6, 6.07) is 8.95. The SMILES string of the molecule is O=C(NC(COc1ccc2[nH]c(=O)[nH]c2c1)C1CCOC1)c1cccn(Cc2cc(F)c(F)c(F)c2)c1=O. The number of rotatable bonds is 8. The van der Waals surface area contributed by atoms with Crippen molar-refractivity contribution in [3.63, 3.8) is 0 Å². The summed E-state index contributed by atoms with van der Waals surface area (Å²) in [4.78, 5) is 43.0. The van der Waals surface area contributed by atoms with Crippen LogP contribution in [0.25, 0.3) is 11.0 Å². The highest BCUT2D eigenvalue weighted by molar-refractivity contribution is 5.94. The number of ether oxygens (including phenoxy) is 2. The number of nitrogens with one attached hydrogen (secondary N) is 3. The van der Waals surface area contributed by atoms with Crippen LogP contribution in [0.2, 0.25) is 0 Å². The Morgan fingerprint density at radius 3 is 2.61 bits per heavy atom. The third kappa shape index (κ3) is 5.35. The molecule has 9 nitrogen and oxygen atoms in total. The molecule has 12 heteroatoms. The van der Waals surface area contributed by atoms with Crippen LogP contribution in [-0.4, -0.2) is 46.3 Å². The van der Waals surface area contributed by atoms with Crippen LogP contribution in [-0.2, 0) is 11.3 Å². The van der Waals surface area contributed by atoms with E-state index < -0.39 is 35.0 Å². The number of nitrogens with zero attached hydrogens (tertiary/aromatic N) is 1. The van der Waals surface area contributed by atoms with E-state index in [1.54, 1.807) is 18.2 Å². The molecule has 1 fully saturated rings. The van der Waals surface area contributed by atoms with Crippen molar-refractivity contribution in [2.45, 2.75) is 19.0 Å². The number of hydrogen-bond acceptors (Lipinski definition) is 5. The molecule has 2 aromatic carbocycles. The number of fused-ring (bicyclic) bond motifs is 1. The van der Waals surface area contributed by atoms with E-state index >= 15 is 0 Å². The van der Waals surface area contributed by atoms with Gasteiger partial charge in [0, 0.05) is 24.8 Å². The summed E-state index contributed by atoms with van der Waals surface area (Å²) in [5, 5.41) is 2.85. The Balaban J connectivity index is 1.33. The predicted octanol–water partition coefficient (Wildman–Crippen LogP) is 2.70. The Morgan fingerprint density at radius 2 is 1.87 bits per heavy atom. The summed E-state index contributed by atoms with van der Waals surface area (Å²) in [5.41, 5.74) is 0.0285. The number of halogens is 3. The molecule has 1 aliphatic rings. The highest BCUT2D eigenvalue weighted by Crippen LogP contribution is 2.21. The Bertz CT molecular complexity index is 1580. The average Bonchev–Trinajstić information content (AvgIpc) is 3.55. The zero-order chi connectivity index (χ0) is 26.8. The lowest BCUT2D eigenvalue weighted by Crippen LogP contribution is -2.46. The first-order valence-corrected chi connectivity index (χ1v) is 11.8. The molecule has 0 radical (unpaired) electrons. The first-order valence-electron chi connectivity index (χ1n) is 11.8. The van der Waals surface area contributed by atoms with E-state index in [0.29, 0.717) is 36.4 Å². The van der Waals surface area contributed by atoms with E-state index in [9.17, 15) is 27.6 Å². The zero-order valence-electron chi connectivity index (χ0n) is 19.9. The molecule has 2 aromatic heterocycles. The van der Waals surface area contributed by atoms with Gasteiger partial charge in [0.15, 0.2) is 17.5 Å². The van der Waals surface area contributed by atoms with Gasteiger partial charge in [0.25, 0.3) is 11.5 Å². The number of imidazole rings is 1. The van der Waals surface area contributed by atoms with Gasteiger partial charge in [-0.05, 0) is 48.4 Å². The van der Waals surface area contributed by atoms with Gasteiger partial charge in [-0.15, -0.1) is 0 Å². The molecule has 0 spiro atoms. The monoisotopic (exact) mass is 528 g/mol. The number of benzene rings is 2. The van der Waals surface area contributed by atoms with E-state index in [0.717, 1.165) is 16.7 Å². The Morgan fingerprint density at radius 1 is 1.11 bits per heavy atom. The predicted molar refractivity (Wildman–Crippen MR) is 131 cm³/mol. The van der Waals surface area contributed by atoms with Crippen LogP contribution >= 0.6 is 0 Å². The van der Waals surface area contributed by atoms with E-state index in [4.69, 9.17) is 9.47 Å². The summed E-state index contributed by atoms with van der Waals surface area (Å²) in [6.45, 7) is 0.742. The Hall–Kier alpha value is -4.32. The fourth-order valence-electron chi connectivity index (χ4n) is 4.43. The smallest absolute Gasteiger partial charge is 0.323 e. The Kier molecular flexibility index (Phi) is 7.05. The van der Waals surface area contributed by atoms with Gasteiger partial charge in [-0.25, -0.2) is 18.0 Å². The van der Waals surface area contributed by atoms with Crippen LogP contribution in [0.3, 0.4) is 0 Å². The fraction of sp³-hybridized carbons (Fsp3) is 0.269. The number of hydrogen-bond donors (Lipinski definition) is 3. The van der Waals surface area contributed by atoms with Crippen LogP contribution in [0.1, 0.15) is 22.3 Å². The fourth-order valence-corrected chi connectivity index (χ4v) is 4.43. The molecule has 38 heavy (non-hydrogen) atoms. The van der Waals surface area contributed by atoms with Crippen molar-refractivity contribution in [3.05, 3.63) is 98.1 Å². The van der Waals surface area contributed by atoms with E-state index in [2.05, 4.69) is 15.3 Å². The van der Waals surface area contributed by atoms with Gasteiger partial charge in [0.2, 0.25) is 0 Å². The highest BCUT2D eigenvalue weighted by atomic mass is 19.2. The van der Waals surface area contributed by atoms with Crippen molar-refractivity contribution in [1.82, 2.24) is 19.9 Å². The van der Waals surface area contributed by atoms with Gasteiger partial charge >= 0.3 is 5.69 Å². The van der Waals surface area contributed by atoms with Crippen molar-refractivity contribution in [1.29, 1.82) is 0 Å². The summed E-state index contributed by atoms with van der Waals surface area (Å²) in [5.74, 6) is -4.57. The number of amides is 1. The van der Waals surface area contributed by atoms with Crippen molar-refractivity contribution in [2.24, 2.45) is 5.92 Å². The number of pyridine rings is 1. The zero-order valence-corrected chi connectivity index (χ0v) is 19.9. The number of aromatic nitrogens is 3. The largest absolute Gasteiger partial charge is 0.491 e. The number of carbonyl (C=O) groups excluding carboxylic acids is 1. The van der Waals surface area contributed by atoms with Gasteiger partial charge in [-0.2, -0.15) is 0 Å². The second-order valence-corrected chi connectivity index (χ2v) is 9.03. The third-order valence-corrected chi connectivity index (χ3v) is 6.43. The molecule has 1 amide bonds. The maximum atomic E-state index is 13.6. The summed E-state index contributed by atoms with van der Waals surface area (Å²) in [7, 11) is 0. The molecule has 2 unspecified atom stereocenters. The molecule has 5 rings (SSSR count). The molecule has 0 aliphatic carbocycles. The van der Waals surface area contributed by atoms with Crippen LogP contribution in [0, 0.1) is 23.4 Å². The van der Waals surface area contributed by atoms with E-state index in [1.807, 2.05) is 0 Å². The molecule has 1 saturated heterocycles. The first kappa shape index (κ1) is 25.3. The van der Waals surface area contributed by atoms with Gasteiger partial charge in [0.05, 0.1) is 30.2 Å². The highest BCUT2D eigenvalue weighted by Gasteiger charge is 2.29. The lowest BCUT2D eigenvalue weighted by Gasteiger charge is -2.24. The standard InChI is InChI=1S/C26H23F3N4O5/c27-18-8-14(9-19(28)23(18)29)11-33-6-1-2-17(25(33)35)24(34)30-22(15-5-7-37-12-15)13-38-16-3-4-20-21(10-16)32-26(36)31-20/h1-4,6,8-10,15,22H,5,7,11-13H2,(H,30,34)(H2,31,32,36). The summed E-state index contributed by atoms with van der Waals surface area (Å²) in [6.07, 6.45) is 2.05. The van der Waals surface area contributed by atoms with Crippen molar-refractivity contribution in [3.8, 4) is 5.75 Å². The molecule has 4 aromatic rings. The van der Waals surface area contributed by atoms with Gasteiger partial charge in [-0.3, -0.25) is 9.59 Å². The van der Waals surface area contributed by atoms with Gasteiger partial charge in [-0.1, -0.05) is 0 Å². The molecule has 1 aliphatic heterocycles. The topological polar surface area (TPSA) is 118 Å². The average molecular weight is 528 g/mol. The minimum Gasteiger partial charge on any atom is -0.491 e. The summed E-state index contributed by atoms with van der Waals surface area (Å²) >= 11 is 0. The maximum absolute atomic E-state index is 13.6. The molecular formula is C26H23F3N4O5. The lowest BCUT2D eigenvalue weighted by molar-refractivity contribution is 0.0885. The molecule has 198 valence electrons. The minimum absolute atomic E-state index is 0.0242. The van der Waals surface area contributed by atoms with Crippen molar-refractivity contribution >= 4 is 16.9 Å². The molecule has 3 N–H and O–H groups in total. The first-order chi connectivity index (χ1) is 18.3. The minimum atomic E-state index is -1.60. The maximum Gasteiger partial charge on any atom is 0.323 e. The normalized spacial score (nSPS) is 16.0. The second kappa shape index (κ2) is 10.6. The van der Waals surface area contributed by atoms with Crippen LogP contribution in [0.15, 0.2) is 58.3 Å².